The molecule has 13 nitrogen and oxygen atoms in total. The predicted molar refractivity (Wildman–Crippen MR) is 145 cm³/mol. The number of imidazole rings is 2. The van der Waals surface area contributed by atoms with E-state index in [1.807, 2.05) is 30.3 Å². The number of ether oxygens (including phenoxy) is 1. The van der Waals surface area contributed by atoms with Crippen molar-refractivity contribution < 1.29 is 33.5 Å². The third-order valence-corrected chi connectivity index (χ3v) is 8.70. The van der Waals surface area contributed by atoms with Crippen molar-refractivity contribution >= 4 is 49.5 Å². The molecule has 2 fully saturated rings. The van der Waals surface area contributed by atoms with E-state index in [4.69, 9.17) is 18.8 Å². The number of aromatic nitrogens is 5. The van der Waals surface area contributed by atoms with Crippen LogP contribution in [-0.4, -0.2) is 71.1 Å². The standard InChI is InChI=1S/C24H21BN5O8PS/c31-18-19-16(11-36-39(35)38-19)37-22(18)30-20-17(27-24(30)40-14-8-6-13(7-9-14)25(33)34)21(32)29-10-15(26-23(29)28-20)12-4-2-1-3-5-12/h1-10,16,18-19,22,31,33-34,39H,11H2,(H,26,28)/t16?,18-,19+,22+/m0/s1. The Morgan fingerprint density at radius 3 is 2.62 bits per heavy atom. The van der Waals surface area contributed by atoms with E-state index in [2.05, 4.69) is 9.97 Å². The van der Waals surface area contributed by atoms with Gasteiger partial charge >= 0.3 is 15.4 Å². The highest BCUT2D eigenvalue weighted by Gasteiger charge is 2.50. The molecule has 5 heterocycles. The first-order chi connectivity index (χ1) is 19.4. The molecule has 5 atom stereocenters. The van der Waals surface area contributed by atoms with Gasteiger partial charge in [-0.1, -0.05) is 54.2 Å². The van der Waals surface area contributed by atoms with Crippen molar-refractivity contribution in [2.24, 2.45) is 0 Å². The van der Waals surface area contributed by atoms with Crippen molar-refractivity contribution in [3.8, 4) is 11.3 Å². The molecule has 0 amide bonds. The van der Waals surface area contributed by atoms with E-state index >= 15 is 0 Å². The monoisotopic (exact) mass is 581 g/mol. The quantitative estimate of drug-likeness (QED) is 0.172. The summed E-state index contributed by atoms with van der Waals surface area (Å²) in [6.45, 7) is -0.0204. The van der Waals surface area contributed by atoms with Gasteiger partial charge in [0.2, 0.25) is 5.78 Å². The SMILES string of the molecule is O=c1c2nc(Sc3ccc(B(O)O)cc3)n([C@@H]3OC4CO[PH](=O)O[C@H]4[C@@H]3O)c2nc2[nH]c(-c3ccccc3)cn12. The number of aromatic amines is 1. The molecule has 204 valence electrons. The van der Waals surface area contributed by atoms with Crippen LogP contribution in [0.2, 0.25) is 0 Å². The summed E-state index contributed by atoms with van der Waals surface area (Å²) in [5.74, 6) is 0.268. The van der Waals surface area contributed by atoms with Crippen LogP contribution in [0.1, 0.15) is 6.23 Å². The van der Waals surface area contributed by atoms with Crippen molar-refractivity contribution in [3.05, 3.63) is 71.1 Å². The fourth-order valence-electron chi connectivity index (χ4n) is 4.90. The third-order valence-electron chi connectivity index (χ3n) is 6.85. The van der Waals surface area contributed by atoms with Crippen LogP contribution in [0.15, 0.2) is 75.6 Å². The minimum Gasteiger partial charge on any atom is -0.423 e. The molecule has 4 N–H and O–H groups in total. The summed E-state index contributed by atoms with van der Waals surface area (Å²) < 4.78 is 31.4. The van der Waals surface area contributed by atoms with Gasteiger partial charge in [0.1, 0.15) is 18.3 Å². The summed E-state index contributed by atoms with van der Waals surface area (Å²) >= 11 is 1.17. The minimum atomic E-state index is -2.77. The maximum atomic E-state index is 13.6. The molecule has 16 heteroatoms. The van der Waals surface area contributed by atoms with Gasteiger partial charge in [-0.2, -0.15) is 4.98 Å². The molecule has 0 aliphatic carbocycles. The summed E-state index contributed by atoms with van der Waals surface area (Å²) in [6.07, 6.45) is -2.26. The summed E-state index contributed by atoms with van der Waals surface area (Å²) in [4.78, 5) is 26.8. The molecule has 2 unspecified atom stereocenters. The third kappa shape index (κ3) is 4.31. The second-order valence-electron chi connectivity index (χ2n) is 9.32. The van der Waals surface area contributed by atoms with Crippen LogP contribution < -0.4 is 11.0 Å². The highest BCUT2D eigenvalue weighted by molar-refractivity contribution is 7.99. The Kier molecular flexibility index (Phi) is 6.41. The second kappa shape index (κ2) is 9.98. The lowest BCUT2D eigenvalue weighted by Crippen LogP contribution is -2.37. The van der Waals surface area contributed by atoms with Crippen molar-refractivity contribution in [1.29, 1.82) is 0 Å². The van der Waals surface area contributed by atoms with Crippen LogP contribution in [0.3, 0.4) is 0 Å². The van der Waals surface area contributed by atoms with Crippen LogP contribution in [0.25, 0.3) is 28.2 Å². The van der Waals surface area contributed by atoms with Gasteiger partial charge in [0.25, 0.3) is 5.56 Å². The molecule has 2 aromatic carbocycles. The lowest BCUT2D eigenvalue weighted by molar-refractivity contribution is -0.0583. The van der Waals surface area contributed by atoms with E-state index in [-0.39, 0.29) is 23.5 Å². The Hall–Kier alpha value is -3.27. The summed E-state index contributed by atoms with van der Waals surface area (Å²) in [5, 5.41) is 30.4. The second-order valence-corrected chi connectivity index (χ2v) is 11.4. The number of nitrogens with one attached hydrogen (secondary N) is 1. The molecule has 2 aliphatic rings. The molecule has 0 radical (unpaired) electrons. The lowest BCUT2D eigenvalue weighted by Gasteiger charge is -2.24. The Labute approximate surface area is 230 Å². The average Bonchev–Trinajstić information content (AvgIpc) is 3.64. The van der Waals surface area contributed by atoms with Gasteiger partial charge in [0.05, 0.1) is 12.3 Å². The molecule has 0 bridgehead atoms. The van der Waals surface area contributed by atoms with Crippen LogP contribution in [0.5, 0.6) is 0 Å². The zero-order chi connectivity index (χ0) is 27.5. The fourth-order valence-corrected chi connectivity index (χ4v) is 6.69. The Bertz CT molecular complexity index is 1810. The molecule has 2 aliphatic heterocycles. The largest absolute Gasteiger partial charge is 0.488 e. The smallest absolute Gasteiger partial charge is 0.423 e. The van der Waals surface area contributed by atoms with Crippen molar-refractivity contribution in [2.45, 2.75) is 34.6 Å². The minimum absolute atomic E-state index is 0.0204. The Morgan fingerprint density at radius 2 is 1.88 bits per heavy atom. The fraction of sp³-hybridized carbons (Fsp3) is 0.208. The summed E-state index contributed by atoms with van der Waals surface area (Å²) in [7, 11) is -4.39. The Balaban J connectivity index is 1.38. The molecule has 0 saturated carbocycles. The van der Waals surface area contributed by atoms with Crippen LogP contribution in [0, 0.1) is 0 Å². The lowest BCUT2D eigenvalue weighted by atomic mass is 9.81. The number of hydrogen-bond acceptors (Lipinski definition) is 11. The van der Waals surface area contributed by atoms with E-state index in [0.717, 1.165) is 5.56 Å². The zero-order valence-electron chi connectivity index (χ0n) is 20.4. The van der Waals surface area contributed by atoms with Crippen LogP contribution >= 0.6 is 20.0 Å². The number of aliphatic hydroxyl groups excluding tert-OH is 1. The topological polar surface area (TPSA) is 173 Å². The molecular weight excluding hydrogens is 560 g/mol. The summed E-state index contributed by atoms with van der Waals surface area (Å²) in [5.41, 5.74) is 1.67. The van der Waals surface area contributed by atoms with Gasteiger partial charge in [-0.05, 0) is 23.2 Å². The first-order valence-corrected chi connectivity index (χ1v) is 14.3. The number of benzene rings is 2. The van der Waals surface area contributed by atoms with Crippen LogP contribution in [-0.2, 0) is 18.3 Å². The number of nitrogens with zero attached hydrogens (tertiary/aromatic N) is 4. The molecule has 7 rings (SSSR count). The van der Waals surface area contributed by atoms with Gasteiger partial charge in [-0.25, -0.2) is 9.38 Å². The van der Waals surface area contributed by atoms with Gasteiger partial charge in [-0.15, -0.1) is 0 Å². The van der Waals surface area contributed by atoms with E-state index in [0.29, 0.717) is 21.2 Å². The van der Waals surface area contributed by atoms with E-state index < -0.39 is 45.5 Å². The van der Waals surface area contributed by atoms with Crippen LogP contribution in [0.4, 0.5) is 0 Å². The molecule has 2 saturated heterocycles. The first kappa shape index (κ1) is 25.7. The number of rotatable bonds is 5. The molecular formula is C24H21BN5O8PS. The molecule has 40 heavy (non-hydrogen) atoms. The maximum Gasteiger partial charge on any atom is 0.488 e. The van der Waals surface area contributed by atoms with Crippen molar-refractivity contribution in [2.75, 3.05) is 6.61 Å². The van der Waals surface area contributed by atoms with E-state index in [1.165, 1.54) is 20.7 Å². The average molecular weight is 581 g/mol. The van der Waals surface area contributed by atoms with E-state index in [1.54, 1.807) is 30.5 Å². The number of H-pyrrole nitrogens is 1. The Morgan fingerprint density at radius 1 is 1.10 bits per heavy atom. The van der Waals surface area contributed by atoms with Gasteiger partial charge in [0, 0.05) is 11.1 Å². The molecule has 0 spiro atoms. The predicted octanol–water partition coefficient (Wildman–Crippen LogP) is 0.934. The first-order valence-electron chi connectivity index (χ1n) is 12.3. The van der Waals surface area contributed by atoms with Gasteiger partial charge in [-0.3, -0.25) is 13.9 Å². The van der Waals surface area contributed by atoms with Gasteiger partial charge in [0.15, 0.2) is 22.5 Å². The van der Waals surface area contributed by atoms with E-state index in [9.17, 15) is 24.5 Å². The normalized spacial score (nSPS) is 24.5. The summed E-state index contributed by atoms with van der Waals surface area (Å²) in [6, 6.07) is 15.9. The highest BCUT2D eigenvalue weighted by atomic mass is 32.2. The highest BCUT2D eigenvalue weighted by Crippen LogP contribution is 2.44. The van der Waals surface area contributed by atoms with Gasteiger partial charge < -0.3 is 33.9 Å². The number of fused-ring (bicyclic) bond motifs is 3. The van der Waals surface area contributed by atoms with Crippen molar-refractivity contribution in [1.82, 2.24) is 23.9 Å². The molecule has 5 aromatic rings. The number of aliphatic hydroxyl groups is 1. The maximum absolute atomic E-state index is 13.6. The zero-order valence-corrected chi connectivity index (χ0v) is 22.3. The number of hydrogen-bond donors (Lipinski definition) is 4. The molecule has 3 aromatic heterocycles. The van der Waals surface area contributed by atoms with Crippen molar-refractivity contribution in [3.63, 3.8) is 0 Å².